The number of phenols is 1. The number of phenolic OH excluding ortho intramolecular Hbond substituents is 1. The zero-order chi connectivity index (χ0) is 18.1. The summed E-state index contributed by atoms with van der Waals surface area (Å²) in [6.07, 6.45) is 1.74. The Morgan fingerprint density at radius 2 is 2.08 bits per heavy atom. The summed E-state index contributed by atoms with van der Waals surface area (Å²) in [5.41, 5.74) is 2.54. The van der Waals surface area contributed by atoms with Gasteiger partial charge in [0, 0.05) is 4.47 Å². The van der Waals surface area contributed by atoms with E-state index in [0.717, 1.165) is 16.8 Å². The highest BCUT2D eigenvalue weighted by Crippen LogP contribution is 2.39. The molecule has 3 rings (SSSR count). The second-order valence-corrected chi connectivity index (χ2v) is 7.93. The van der Waals surface area contributed by atoms with Gasteiger partial charge in [-0.3, -0.25) is 9.69 Å². The molecule has 1 aliphatic rings. The monoisotopic (exact) mass is 435 g/mol. The molecule has 2 aromatic carbocycles. The molecule has 1 heterocycles. The molecule has 1 fully saturated rings. The third-order valence-corrected chi connectivity index (χ3v) is 5.63. The maximum absolute atomic E-state index is 12.8. The van der Waals surface area contributed by atoms with Crippen LogP contribution in [0.15, 0.2) is 45.8 Å². The van der Waals surface area contributed by atoms with Crippen molar-refractivity contribution in [2.45, 2.75) is 6.92 Å². The number of halogens is 1. The quantitative estimate of drug-likeness (QED) is 0.549. The third-order valence-electron chi connectivity index (χ3n) is 3.64. The molecule has 0 bridgehead atoms. The first-order chi connectivity index (χ1) is 11.9. The highest BCUT2D eigenvalue weighted by Gasteiger charge is 2.33. The average molecular weight is 436 g/mol. The number of methoxy groups -OCH3 is 1. The Bertz CT molecular complexity index is 911. The first-order valence-electron chi connectivity index (χ1n) is 7.32. The van der Waals surface area contributed by atoms with Gasteiger partial charge in [-0.1, -0.05) is 52.0 Å². The summed E-state index contributed by atoms with van der Waals surface area (Å²) in [4.78, 5) is 14.9. The number of rotatable bonds is 3. The van der Waals surface area contributed by atoms with Crippen LogP contribution in [0.2, 0.25) is 0 Å². The number of aryl methyl sites for hydroxylation is 1. The lowest BCUT2D eigenvalue weighted by Crippen LogP contribution is -2.27. The number of carbonyl (C=O) groups excluding carboxylic acids is 1. The Hall–Kier alpha value is -1.83. The number of benzene rings is 2. The van der Waals surface area contributed by atoms with Crippen LogP contribution in [0.3, 0.4) is 0 Å². The molecular formula is C18H14BrNO3S2. The number of anilines is 1. The van der Waals surface area contributed by atoms with Gasteiger partial charge in [0.05, 0.1) is 17.7 Å². The number of thiocarbonyl (C=S) groups is 1. The molecular weight excluding hydrogens is 422 g/mol. The van der Waals surface area contributed by atoms with Crippen LogP contribution in [0, 0.1) is 6.92 Å². The van der Waals surface area contributed by atoms with E-state index in [1.54, 1.807) is 12.1 Å². The number of ether oxygens (including phenoxy) is 1. The molecule has 0 unspecified atom stereocenters. The Balaban J connectivity index is 1.99. The van der Waals surface area contributed by atoms with Crippen LogP contribution in [-0.4, -0.2) is 22.4 Å². The summed E-state index contributed by atoms with van der Waals surface area (Å²) in [6, 6.07) is 10.9. The number of amides is 1. The Morgan fingerprint density at radius 3 is 2.76 bits per heavy atom. The second kappa shape index (κ2) is 7.19. The molecule has 25 heavy (non-hydrogen) atoms. The predicted molar refractivity (Wildman–Crippen MR) is 109 cm³/mol. The number of nitrogens with zero attached hydrogens (tertiary/aromatic N) is 1. The van der Waals surface area contributed by atoms with Crippen molar-refractivity contribution in [3.8, 4) is 11.5 Å². The fourth-order valence-corrected chi connectivity index (χ4v) is 4.17. The molecule has 128 valence electrons. The molecule has 4 nitrogen and oxygen atoms in total. The van der Waals surface area contributed by atoms with Crippen LogP contribution >= 0.6 is 39.9 Å². The van der Waals surface area contributed by atoms with Gasteiger partial charge in [-0.15, -0.1) is 0 Å². The molecule has 1 aliphatic heterocycles. The summed E-state index contributed by atoms with van der Waals surface area (Å²) < 4.78 is 6.28. The number of thioether (sulfide) groups is 1. The van der Waals surface area contributed by atoms with E-state index in [1.165, 1.54) is 29.8 Å². The van der Waals surface area contributed by atoms with Gasteiger partial charge in [0.15, 0.2) is 15.8 Å². The highest BCUT2D eigenvalue weighted by molar-refractivity contribution is 9.10. The molecule has 0 aliphatic carbocycles. The molecule has 1 N–H and O–H groups in total. The summed E-state index contributed by atoms with van der Waals surface area (Å²) in [5.74, 6) is 0.196. The van der Waals surface area contributed by atoms with Gasteiger partial charge in [-0.05, 0) is 48.4 Å². The largest absolute Gasteiger partial charge is 0.504 e. The fraction of sp³-hybridized carbons (Fsp3) is 0.111. The van der Waals surface area contributed by atoms with Gasteiger partial charge in [0.1, 0.15) is 0 Å². The van der Waals surface area contributed by atoms with Crippen molar-refractivity contribution in [3.05, 3.63) is 56.9 Å². The summed E-state index contributed by atoms with van der Waals surface area (Å²) in [7, 11) is 1.48. The zero-order valence-corrected chi connectivity index (χ0v) is 16.7. The molecule has 7 heteroatoms. The molecule has 1 amide bonds. The van der Waals surface area contributed by atoms with Crippen LogP contribution in [0.1, 0.15) is 11.1 Å². The standard InChI is InChI=1S/C18H14BrNO3S2/c1-10-4-3-5-12(6-10)20-17(22)16(25-18(20)24)8-11-7-15(23-2)14(21)9-13(11)19/h3-9,21H,1-2H3/b16-8+. The smallest absolute Gasteiger partial charge is 0.270 e. The summed E-state index contributed by atoms with van der Waals surface area (Å²) >= 11 is 10.0. The lowest BCUT2D eigenvalue weighted by molar-refractivity contribution is -0.113. The van der Waals surface area contributed by atoms with E-state index in [-0.39, 0.29) is 11.7 Å². The summed E-state index contributed by atoms with van der Waals surface area (Å²) in [5, 5.41) is 9.81. The molecule has 0 atom stereocenters. The van der Waals surface area contributed by atoms with E-state index in [0.29, 0.717) is 19.4 Å². The van der Waals surface area contributed by atoms with Crippen LogP contribution in [-0.2, 0) is 4.79 Å². The van der Waals surface area contributed by atoms with Crippen molar-refractivity contribution < 1.29 is 14.6 Å². The number of aromatic hydroxyl groups is 1. The van der Waals surface area contributed by atoms with Crippen molar-refractivity contribution in [1.82, 2.24) is 0 Å². The third kappa shape index (κ3) is 3.58. The fourth-order valence-electron chi connectivity index (χ4n) is 2.43. The SMILES string of the molecule is COc1cc(/C=C2/SC(=S)N(c3cccc(C)c3)C2=O)c(Br)cc1O. The number of hydrogen-bond acceptors (Lipinski definition) is 5. The van der Waals surface area contributed by atoms with Crippen molar-refractivity contribution in [1.29, 1.82) is 0 Å². The molecule has 0 saturated carbocycles. The van der Waals surface area contributed by atoms with Crippen molar-refractivity contribution in [3.63, 3.8) is 0 Å². The van der Waals surface area contributed by atoms with Gasteiger partial charge >= 0.3 is 0 Å². The van der Waals surface area contributed by atoms with Crippen LogP contribution in [0.25, 0.3) is 6.08 Å². The van der Waals surface area contributed by atoms with Gasteiger partial charge in [0.2, 0.25) is 0 Å². The van der Waals surface area contributed by atoms with Gasteiger partial charge in [-0.25, -0.2) is 0 Å². The normalized spacial score (nSPS) is 16.0. The minimum atomic E-state index is -0.167. The minimum absolute atomic E-state index is 0.0267. The van der Waals surface area contributed by atoms with Crippen molar-refractivity contribution in [2.24, 2.45) is 0 Å². The van der Waals surface area contributed by atoms with E-state index >= 15 is 0 Å². The van der Waals surface area contributed by atoms with Gasteiger partial charge < -0.3 is 9.84 Å². The van der Waals surface area contributed by atoms with Crippen molar-refractivity contribution in [2.75, 3.05) is 12.0 Å². The maximum Gasteiger partial charge on any atom is 0.270 e. The molecule has 2 aromatic rings. The Labute approximate surface area is 163 Å². The number of hydrogen-bond donors (Lipinski definition) is 1. The zero-order valence-electron chi connectivity index (χ0n) is 13.4. The molecule has 0 spiro atoms. The lowest BCUT2D eigenvalue weighted by atomic mass is 10.1. The second-order valence-electron chi connectivity index (χ2n) is 5.40. The first-order valence-corrected chi connectivity index (χ1v) is 9.33. The Morgan fingerprint density at radius 1 is 1.32 bits per heavy atom. The lowest BCUT2D eigenvalue weighted by Gasteiger charge is -2.14. The van der Waals surface area contributed by atoms with Crippen LogP contribution in [0.4, 0.5) is 5.69 Å². The minimum Gasteiger partial charge on any atom is -0.504 e. The highest BCUT2D eigenvalue weighted by atomic mass is 79.9. The first kappa shape index (κ1) is 18.0. The molecule has 0 aromatic heterocycles. The van der Waals surface area contributed by atoms with Gasteiger partial charge in [-0.2, -0.15) is 0 Å². The average Bonchev–Trinajstić information content (AvgIpc) is 2.84. The summed E-state index contributed by atoms with van der Waals surface area (Å²) in [6.45, 7) is 1.97. The molecule has 0 radical (unpaired) electrons. The van der Waals surface area contributed by atoms with Crippen LogP contribution < -0.4 is 9.64 Å². The van der Waals surface area contributed by atoms with E-state index < -0.39 is 0 Å². The maximum atomic E-state index is 12.8. The van der Waals surface area contributed by atoms with Crippen molar-refractivity contribution >= 4 is 61.9 Å². The van der Waals surface area contributed by atoms with E-state index in [9.17, 15) is 9.90 Å². The van der Waals surface area contributed by atoms with Crippen LogP contribution in [0.5, 0.6) is 11.5 Å². The van der Waals surface area contributed by atoms with Gasteiger partial charge in [0.25, 0.3) is 5.91 Å². The van der Waals surface area contributed by atoms with E-state index in [1.807, 2.05) is 31.2 Å². The van der Waals surface area contributed by atoms with E-state index in [4.69, 9.17) is 17.0 Å². The molecule has 1 saturated heterocycles. The van der Waals surface area contributed by atoms with E-state index in [2.05, 4.69) is 15.9 Å². The Kier molecular flexibility index (Phi) is 5.17. The predicted octanol–water partition coefficient (Wildman–Crippen LogP) is 4.88. The topological polar surface area (TPSA) is 49.8 Å². The number of carbonyl (C=O) groups is 1.